The van der Waals surface area contributed by atoms with E-state index in [4.69, 9.17) is 23.8 Å². The first-order valence-corrected chi connectivity index (χ1v) is 9.88. The molecule has 2 amide bonds. The monoisotopic (exact) mass is 414 g/mol. The summed E-state index contributed by atoms with van der Waals surface area (Å²) in [4.78, 5) is 35.1. The average Bonchev–Trinajstić information content (AvgIpc) is 2.71. The number of carbonyl (C=O) groups excluding carboxylic acids is 2. The minimum atomic E-state index is -0.454. The summed E-state index contributed by atoms with van der Waals surface area (Å²) in [5.41, 5.74) is 1.68. The Morgan fingerprint density at radius 1 is 1.21 bits per heavy atom. The number of hydrogen-bond acceptors (Lipinski definition) is 4. The highest BCUT2D eigenvalue weighted by atomic mass is 35.5. The summed E-state index contributed by atoms with van der Waals surface area (Å²) in [6.07, 6.45) is 7.20. The summed E-state index contributed by atoms with van der Waals surface area (Å²) in [5.74, 6) is -0.763. The Morgan fingerprint density at radius 2 is 2.00 bits per heavy atom. The Labute approximate surface area is 173 Å². The number of amides is 2. The van der Waals surface area contributed by atoms with Crippen LogP contribution in [0, 0.1) is 5.92 Å². The van der Waals surface area contributed by atoms with Gasteiger partial charge in [-0.3, -0.25) is 14.5 Å². The van der Waals surface area contributed by atoms with Crippen LogP contribution < -0.4 is 4.90 Å². The number of carbonyl (C=O) groups is 2. The van der Waals surface area contributed by atoms with Crippen LogP contribution in [0.25, 0.3) is 0 Å². The number of aliphatic imine (C=N–C) groups is 1. The van der Waals surface area contributed by atoms with E-state index >= 15 is 0 Å². The summed E-state index contributed by atoms with van der Waals surface area (Å²) >= 11 is 11.3. The number of allylic oxidation sites excluding steroid dienone is 3. The van der Waals surface area contributed by atoms with E-state index in [2.05, 4.69) is 9.89 Å². The van der Waals surface area contributed by atoms with Crippen molar-refractivity contribution in [1.29, 1.82) is 0 Å². The van der Waals surface area contributed by atoms with Gasteiger partial charge in [0.1, 0.15) is 6.54 Å². The highest BCUT2D eigenvalue weighted by Crippen LogP contribution is 2.22. The van der Waals surface area contributed by atoms with Crippen LogP contribution in [0.1, 0.15) is 0 Å². The second kappa shape index (κ2) is 7.85. The van der Waals surface area contributed by atoms with Crippen molar-refractivity contribution in [2.45, 2.75) is 0 Å². The van der Waals surface area contributed by atoms with Gasteiger partial charge in [0.05, 0.1) is 11.6 Å². The van der Waals surface area contributed by atoms with Crippen molar-refractivity contribution in [3.05, 3.63) is 53.6 Å². The second-order valence-corrected chi connectivity index (χ2v) is 7.61. The van der Waals surface area contributed by atoms with E-state index in [9.17, 15) is 9.59 Å². The summed E-state index contributed by atoms with van der Waals surface area (Å²) < 4.78 is 0. The third-order valence-electron chi connectivity index (χ3n) is 5.09. The predicted octanol–water partition coefficient (Wildman–Crippen LogP) is 2.30. The molecule has 0 N–H and O–H groups in total. The quantitative estimate of drug-likeness (QED) is 0.712. The maximum Gasteiger partial charge on any atom is 0.242 e. The lowest BCUT2D eigenvalue weighted by Crippen LogP contribution is -2.54. The van der Waals surface area contributed by atoms with E-state index < -0.39 is 5.92 Å². The van der Waals surface area contributed by atoms with Gasteiger partial charge in [0.2, 0.25) is 16.9 Å². The fourth-order valence-corrected chi connectivity index (χ4v) is 3.99. The van der Waals surface area contributed by atoms with Crippen molar-refractivity contribution in [1.82, 2.24) is 9.80 Å². The SMILES string of the molecule is O=C(CN1C(=O)C2C=CC=CC2=NC1=S)N1CCN(c2cccc(Cl)c2)CC1. The largest absolute Gasteiger partial charge is 0.368 e. The van der Waals surface area contributed by atoms with Crippen LogP contribution in [0.2, 0.25) is 5.02 Å². The number of piperazine rings is 1. The molecule has 1 atom stereocenters. The Bertz CT molecular complexity index is 919. The fourth-order valence-electron chi connectivity index (χ4n) is 3.55. The molecule has 1 aliphatic carbocycles. The summed E-state index contributed by atoms with van der Waals surface area (Å²) in [7, 11) is 0. The molecule has 0 aromatic heterocycles. The molecule has 1 fully saturated rings. The highest BCUT2D eigenvalue weighted by molar-refractivity contribution is 7.80. The lowest BCUT2D eigenvalue weighted by Gasteiger charge is -2.37. The van der Waals surface area contributed by atoms with Crippen LogP contribution in [-0.2, 0) is 9.59 Å². The van der Waals surface area contributed by atoms with Gasteiger partial charge in [0, 0.05) is 36.9 Å². The highest BCUT2D eigenvalue weighted by Gasteiger charge is 2.35. The van der Waals surface area contributed by atoms with Gasteiger partial charge >= 0.3 is 0 Å². The van der Waals surface area contributed by atoms with Crippen LogP contribution in [0.4, 0.5) is 5.69 Å². The molecule has 1 aromatic carbocycles. The lowest BCUT2D eigenvalue weighted by atomic mass is 9.95. The molecule has 4 rings (SSSR count). The van der Waals surface area contributed by atoms with Crippen molar-refractivity contribution >= 4 is 52.1 Å². The summed E-state index contributed by atoms with van der Waals surface area (Å²) in [5, 5.41) is 0.849. The number of fused-ring (bicyclic) bond motifs is 1. The smallest absolute Gasteiger partial charge is 0.242 e. The maximum absolute atomic E-state index is 12.8. The Morgan fingerprint density at radius 3 is 2.75 bits per heavy atom. The van der Waals surface area contributed by atoms with Crippen molar-refractivity contribution in [2.24, 2.45) is 10.9 Å². The van der Waals surface area contributed by atoms with Crippen LogP contribution >= 0.6 is 23.8 Å². The number of anilines is 1. The molecule has 1 saturated heterocycles. The zero-order valence-electron chi connectivity index (χ0n) is 15.1. The zero-order chi connectivity index (χ0) is 19.7. The molecule has 2 heterocycles. The fraction of sp³-hybridized carbons (Fsp3) is 0.300. The number of benzene rings is 1. The molecule has 3 aliphatic rings. The molecule has 144 valence electrons. The van der Waals surface area contributed by atoms with Crippen LogP contribution in [0.5, 0.6) is 0 Å². The topological polar surface area (TPSA) is 56.2 Å². The molecule has 2 aliphatic heterocycles. The summed E-state index contributed by atoms with van der Waals surface area (Å²) in [6.45, 7) is 2.52. The van der Waals surface area contributed by atoms with E-state index in [0.717, 1.165) is 5.69 Å². The third-order valence-corrected chi connectivity index (χ3v) is 5.63. The van der Waals surface area contributed by atoms with Gasteiger partial charge in [0.25, 0.3) is 0 Å². The molecular weight excluding hydrogens is 396 g/mol. The van der Waals surface area contributed by atoms with Crippen molar-refractivity contribution < 1.29 is 9.59 Å². The standard InChI is InChI=1S/C20H19ClN4O2S/c21-14-4-3-5-15(12-14)23-8-10-24(11-9-23)18(26)13-25-19(27)16-6-1-2-7-17(16)22-20(25)28/h1-7,12,16H,8-11,13H2. The minimum absolute atomic E-state index is 0.0698. The Hall–Kier alpha value is -2.51. The van der Waals surface area contributed by atoms with Gasteiger partial charge in [-0.25, -0.2) is 4.99 Å². The number of nitrogens with zero attached hydrogens (tertiary/aromatic N) is 4. The summed E-state index contributed by atoms with van der Waals surface area (Å²) in [6, 6.07) is 7.69. The van der Waals surface area contributed by atoms with Gasteiger partial charge in [-0.2, -0.15) is 0 Å². The van der Waals surface area contributed by atoms with Gasteiger partial charge in [-0.15, -0.1) is 0 Å². The number of halogens is 1. The van der Waals surface area contributed by atoms with E-state index in [-0.39, 0.29) is 23.5 Å². The van der Waals surface area contributed by atoms with Gasteiger partial charge in [-0.05, 0) is 36.5 Å². The number of rotatable bonds is 3. The van der Waals surface area contributed by atoms with Crippen LogP contribution in [-0.4, -0.2) is 65.2 Å². The van der Waals surface area contributed by atoms with E-state index in [1.54, 1.807) is 17.1 Å². The molecule has 1 aromatic rings. The normalized spacial score (nSPS) is 21.7. The Balaban J connectivity index is 1.38. The van der Waals surface area contributed by atoms with Crippen LogP contribution in [0.3, 0.4) is 0 Å². The average molecular weight is 415 g/mol. The number of thiocarbonyl (C=S) groups is 1. The molecule has 1 unspecified atom stereocenters. The molecular formula is C20H19ClN4O2S. The van der Waals surface area contributed by atoms with E-state index in [1.165, 1.54) is 4.90 Å². The first kappa shape index (κ1) is 18.8. The molecule has 0 spiro atoms. The maximum atomic E-state index is 12.8. The molecule has 0 bridgehead atoms. The molecule has 0 radical (unpaired) electrons. The van der Waals surface area contributed by atoms with Crippen molar-refractivity contribution in [3.63, 3.8) is 0 Å². The molecule has 0 saturated carbocycles. The van der Waals surface area contributed by atoms with Gasteiger partial charge in [0.15, 0.2) is 0 Å². The van der Waals surface area contributed by atoms with Gasteiger partial charge < -0.3 is 9.80 Å². The first-order valence-electron chi connectivity index (χ1n) is 9.10. The molecule has 28 heavy (non-hydrogen) atoms. The second-order valence-electron chi connectivity index (χ2n) is 6.81. The molecule has 6 nitrogen and oxygen atoms in total. The first-order chi connectivity index (χ1) is 13.5. The lowest BCUT2D eigenvalue weighted by molar-refractivity contribution is -0.138. The molecule has 8 heteroatoms. The Kier molecular flexibility index (Phi) is 5.28. The zero-order valence-corrected chi connectivity index (χ0v) is 16.7. The predicted molar refractivity (Wildman–Crippen MR) is 114 cm³/mol. The number of hydrogen-bond donors (Lipinski definition) is 0. The van der Waals surface area contributed by atoms with Crippen LogP contribution in [0.15, 0.2) is 53.6 Å². The third kappa shape index (κ3) is 3.72. The minimum Gasteiger partial charge on any atom is -0.368 e. The van der Waals surface area contributed by atoms with E-state index in [1.807, 2.05) is 36.4 Å². The van der Waals surface area contributed by atoms with E-state index in [0.29, 0.717) is 36.9 Å². The van der Waals surface area contributed by atoms with Crippen molar-refractivity contribution in [3.8, 4) is 0 Å². The van der Waals surface area contributed by atoms with Crippen molar-refractivity contribution in [2.75, 3.05) is 37.6 Å². The van der Waals surface area contributed by atoms with Gasteiger partial charge in [-0.1, -0.05) is 35.9 Å².